The molecule has 21 heavy (non-hydrogen) atoms. The van der Waals surface area contributed by atoms with Crippen molar-refractivity contribution in [1.29, 1.82) is 0 Å². The Hall–Kier alpha value is -1.89. The summed E-state index contributed by atoms with van der Waals surface area (Å²) in [6.45, 7) is 1.87. The lowest BCUT2D eigenvalue weighted by atomic mass is 10.1. The first kappa shape index (κ1) is 15.5. The Morgan fingerprint density at radius 3 is 2.86 bits per heavy atom. The molecule has 1 aliphatic heterocycles. The van der Waals surface area contributed by atoms with E-state index in [9.17, 15) is 14.4 Å². The van der Waals surface area contributed by atoms with Gasteiger partial charge >= 0.3 is 5.97 Å². The van der Waals surface area contributed by atoms with Gasteiger partial charge in [0.1, 0.15) is 6.04 Å². The Morgan fingerprint density at radius 1 is 1.52 bits per heavy atom. The predicted molar refractivity (Wildman–Crippen MR) is 77.9 cm³/mol. The summed E-state index contributed by atoms with van der Waals surface area (Å²) in [6, 6.07) is 2.58. The summed E-state index contributed by atoms with van der Waals surface area (Å²) < 4.78 is 0. The van der Waals surface area contributed by atoms with Gasteiger partial charge in [-0.05, 0) is 24.3 Å². The SMILES string of the molecule is CC(=O)NC(CC(=O)N1CCC[C@@H]1C(=O)O)c1cccs1. The zero-order chi connectivity index (χ0) is 15.4. The molecule has 1 unspecified atom stereocenters. The third-order valence-electron chi connectivity index (χ3n) is 3.50. The summed E-state index contributed by atoms with van der Waals surface area (Å²) in [5.74, 6) is -1.41. The Balaban J connectivity index is 2.07. The number of nitrogens with one attached hydrogen (secondary N) is 1. The first-order valence-corrected chi connectivity index (χ1v) is 7.69. The maximum absolute atomic E-state index is 12.4. The quantitative estimate of drug-likeness (QED) is 0.860. The Morgan fingerprint density at radius 2 is 2.29 bits per heavy atom. The highest BCUT2D eigenvalue weighted by Crippen LogP contribution is 2.25. The van der Waals surface area contributed by atoms with Crippen LogP contribution in [-0.2, 0) is 14.4 Å². The van der Waals surface area contributed by atoms with E-state index in [-0.39, 0.29) is 18.2 Å². The predicted octanol–water partition coefficient (Wildman–Crippen LogP) is 1.39. The van der Waals surface area contributed by atoms with E-state index in [0.717, 1.165) is 4.88 Å². The first-order valence-electron chi connectivity index (χ1n) is 6.82. The van der Waals surface area contributed by atoms with Gasteiger partial charge in [-0.15, -0.1) is 11.3 Å². The standard InChI is InChI=1S/C14H18N2O4S/c1-9(17)15-10(12-5-3-7-21-12)8-13(18)16-6-2-4-11(16)14(19)20/h3,5,7,10-11H,2,4,6,8H2,1H3,(H,15,17)(H,19,20)/t10?,11-/m1/s1. The number of amides is 2. The number of rotatable bonds is 5. The molecule has 2 atom stereocenters. The highest BCUT2D eigenvalue weighted by Gasteiger charge is 2.35. The van der Waals surface area contributed by atoms with Crippen molar-refractivity contribution in [2.24, 2.45) is 0 Å². The molecule has 2 heterocycles. The molecule has 1 aromatic rings. The number of hydrogen-bond donors (Lipinski definition) is 2. The van der Waals surface area contributed by atoms with Gasteiger partial charge in [-0.2, -0.15) is 0 Å². The van der Waals surface area contributed by atoms with Gasteiger partial charge in [0.25, 0.3) is 0 Å². The summed E-state index contributed by atoms with van der Waals surface area (Å²) in [4.78, 5) is 37.1. The number of carbonyl (C=O) groups is 3. The summed E-state index contributed by atoms with van der Waals surface area (Å²) in [6.07, 6.45) is 1.28. The molecule has 1 aromatic heterocycles. The minimum absolute atomic E-state index is 0.0872. The molecule has 2 rings (SSSR count). The van der Waals surface area contributed by atoms with Crippen LogP contribution >= 0.6 is 11.3 Å². The van der Waals surface area contributed by atoms with Crippen molar-refractivity contribution >= 4 is 29.1 Å². The molecule has 114 valence electrons. The molecule has 1 aliphatic rings. The number of thiophene rings is 1. The molecular formula is C14H18N2O4S. The van der Waals surface area contributed by atoms with Crippen LogP contribution in [0.1, 0.15) is 37.1 Å². The van der Waals surface area contributed by atoms with Crippen LogP contribution in [0.5, 0.6) is 0 Å². The van der Waals surface area contributed by atoms with Gasteiger partial charge < -0.3 is 15.3 Å². The van der Waals surface area contributed by atoms with Gasteiger partial charge in [0.2, 0.25) is 11.8 Å². The topological polar surface area (TPSA) is 86.7 Å². The van der Waals surface area contributed by atoms with Crippen LogP contribution < -0.4 is 5.32 Å². The molecule has 0 aromatic carbocycles. The molecule has 1 fully saturated rings. The van der Waals surface area contributed by atoms with Crippen LogP contribution in [0.2, 0.25) is 0 Å². The van der Waals surface area contributed by atoms with E-state index >= 15 is 0 Å². The number of carbonyl (C=O) groups excluding carboxylic acids is 2. The minimum atomic E-state index is -0.965. The number of carboxylic acid groups (broad SMARTS) is 1. The average Bonchev–Trinajstić information content (AvgIpc) is 3.08. The second-order valence-electron chi connectivity index (χ2n) is 5.06. The molecule has 0 saturated carbocycles. The highest BCUT2D eigenvalue weighted by molar-refractivity contribution is 7.10. The van der Waals surface area contributed by atoms with Crippen LogP contribution in [0, 0.1) is 0 Å². The second kappa shape index (κ2) is 6.71. The molecular weight excluding hydrogens is 292 g/mol. The Bertz CT molecular complexity index is 529. The van der Waals surface area contributed by atoms with E-state index in [1.807, 2.05) is 17.5 Å². The third kappa shape index (κ3) is 3.81. The van der Waals surface area contributed by atoms with Crippen molar-refractivity contribution in [3.05, 3.63) is 22.4 Å². The fraction of sp³-hybridized carbons (Fsp3) is 0.500. The number of nitrogens with zero attached hydrogens (tertiary/aromatic N) is 1. The molecule has 0 spiro atoms. The van der Waals surface area contributed by atoms with Gasteiger partial charge in [-0.3, -0.25) is 9.59 Å². The Labute approximate surface area is 126 Å². The summed E-state index contributed by atoms with van der Waals surface area (Å²) >= 11 is 1.46. The van der Waals surface area contributed by atoms with Gasteiger partial charge in [0.15, 0.2) is 0 Å². The number of hydrogen-bond acceptors (Lipinski definition) is 4. The van der Waals surface area contributed by atoms with Crippen molar-refractivity contribution in [3.63, 3.8) is 0 Å². The largest absolute Gasteiger partial charge is 0.480 e. The molecule has 1 saturated heterocycles. The summed E-state index contributed by atoms with van der Waals surface area (Å²) in [5, 5.41) is 13.8. The van der Waals surface area contributed by atoms with E-state index < -0.39 is 18.1 Å². The van der Waals surface area contributed by atoms with E-state index in [2.05, 4.69) is 5.32 Å². The van der Waals surface area contributed by atoms with Crippen LogP contribution in [0.25, 0.3) is 0 Å². The van der Waals surface area contributed by atoms with Crippen molar-refractivity contribution in [1.82, 2.24) is 10.2 Å². The highest BCUT2D eigenvalue weighted by atomic mass is 32.1. The molecule has 2 amide bonds. The van der Waals surface area contributed by atoms with Crippen molar-refractivity contribution in [2.75, 3.05) is 6.54 Å². The lowest BCUT2D eigenvalue weighted by Gasteiger charge is -2.24. The molecule has 7 heteroatoms. The van der Waals surface area contributed by atoms with E-state index in [1.54, 1.807) is 0 Å². The Kier molecular flexibility index (Phi) is 4.95. The third-order valence-corrected chi connectivity index (χ3v) is 4.49. The zero-order valence-corrected chi connectivity index (χ0v) is 12.6. The normalized spacial score (nSPS) is 19.3. The maximum Gasteiger partial charge on any atom is 0.326 e. The number of carboxylic acids is 1. The van der Waals surface area contributed by atoms with Crippen molar-refractivity contribution in [2.45, 2.75) is 38.3 Å². The lowest BCUT2D eigenvalue weighted by Crippen LogP contribution is -2.42. The monoisotopic (exact) mass is 310 g/mol. The number of likely N-dealkylation sites (tertiary alicyclic amines) is 1. The van der Waals surface area contributed by atoms with Gasteiger partial charge in [0, 0.05) is 18.3 Å². The molecule has 2 N–H and O–H groups in total. The van der Waals surface area contributed by atoms with Crippen molar-refractivity contribution in [3.8, 4) is 0 Å². The van der Waals surface area contributed by atoms with Gasteiger partial charge in [-0.1, -0.05) is 6.07 Å². The zero-order valence-electron chi connectivity index (χ0n) is 11.7. The first-order chi connectivity index (χ1) is 9.99. The van der Waals surface area contributed by atoms with Crippen LogP contribution in [0.3, 0.4) is 0 Å². The minimum Gasteiger partial charge on any atom is -0.480 e. The lowest BCUT2D eigenvalue weighted by molar-refractivity contribution is -0.148. The molecule has 0 bridgehead atoms. The summed E-state index contributed by atoms with van der Waals surface area (Å²) in [5.41, 5.74) is 0. The van der Waals surface area contributed by atoms with Gasteiger partial charge in [-0.25, -0.2) is 4.79 Å². The summed E-state index contributed by atoms with van der Waals surface area (Å²) in [7, 11) is 0. The second-order valence-corrected chi connectivity index (χ2v) is 6.04. The van der Waals surface area contributed by atoms with Gasteiger partial charge in [0.05, 0.1) is 12.5 Å². The van der Waals surface area contributed by atoms with Crippen LogP contribution in [0.15, 0.2) is 17.5 Å². The molecule has 0 radical (unpaired) electrons. The maximum atomic E-state index is 12.4. The molecule has 0 aliphatic carbocycles. The van der Waals surface area contributed by atoms with Crippen molar-refractivity contribution < 1.29 is 19.5 Å². The fourth-order valence-corrected chi connectivity index (χ4v) is 3.35. The van der Waals surface area contributed by atoms with Crippen LogP contribution in [0.4, 0.5) is 0 Å². The number of aliphatic carboxylic acids is 1. The van der Waals surface area contributed by atoms with E-state index in [4.69, 9.17) is 5.11 Å². The fourth-order valence-electron chi connectivity index (χ4n) is 2.57. The van der Waals surface area contributed by atoms with E-state index in [0.29, 0.717) is 19.4 Å². The molecule has 6 nitrogen and oxygen atoms in total. The smallest absolute Gasteiger partial charge is 0.326 e. The average molecular weight is 310 g/mol. The van der Waals surface area contributed by atoms with Crippen LogP contribution in [-0.4, -0.2) is 40.4 Å². The van der Waals surface area contributed by atoms with E-state index in [1.165, 1.54) is 23.2 Å².